The molecule has 11 nitrogen and oxygen atoms in total. The van der Waals surface area contributed by atoms with Crippen LogP contribution in [0.5, 0.6) is 11.5 Å². The van der Waals surface area contributed by atoms with Gasteiger partial charge in [-0.3, -0.25) is 4.90 Å². The fraction of sp³-hybridized carbons (Fsp3) is 0.538. The molecule has 3 rings (SSSR count). The molecule has 0 saturated heterocycles. The van der Waals surface area contributed by atoms with Crippen LogP contribution in [0.4, 0.5) is 14.9 Å². The molecule has 282 valence electrons. The molecule has 1 unspecified atom stereocenters. The van der Waals surface area contributed by atoms with Gasteiger partial charge in [0, 0.05) is 32.9 Å². The Kier molecular flexibility index (Phi) is 14.2. The molecule has 0 radical (unpaired) electrons. The number of cyclic esters (lactones) is 1. The summed E-state index contributed by atoms with van der Waals surface area (Å²) in [5, 5.41) is 21.6. The van der Waals surface area contributed by atoms with Crippen molar-refractivity contribution in [2.45, 2.75) is 117 Å². The van der Waals surface area contributed by atoms with Crippen LogP contribution < -0.4 is 14.4 Å². The van der Waals surface area contributed by atoms with Gasteiger partial charge in [0.1, 0.15) is 40.7 Å². The van der Waals surface area contributed by atoms with E-state index < -0.39 is 65.7 Å². The van der Waals surface area contributed by atoms with Crippen molar-refractivity contribution in [1.29, 1.82) is 0 Å². The zero-order valence-electron chi connectivity index (χ0n) is 31.6. The molecular weight excluding hydrogens is 661 g/mol. The lowest BCUT2D eigenvalue weighted by Crippen LogP contribution is -2.43. The lowest BCUT2D eigenvalue weighted by atomic mass is 9.98. The second-order valence-electron chi connectivity index (χ2n) is 14.4. The number of carbonyl (C=O) groups is 2. The number of hydrogen-bond donors (Lipinski definition) is 2. The van der Waals surface area contributed by atoms with Crippen LogP contribution in [0.3, 0.4) is 0 Å². The molecule has 12 heteroatoms. The minimum Gasteiger partial charge on any atom is -0.497 e. The van der Waals surface area contributed by atoms with Crippen molar-refractivity contribution in [3.63, 3.8) is 0 Å². The molecule has 1 heterocycles. The number of aliphatic hydroxyl groups excluding tert-OH is 2. The number of anilines is 1. The van der Waals surface area contributed by atoms with E-state index >= 15 is 4.39 Å². The first-order chi connectivity index (χ1) is 23.7. The number of hydrogen-bond acceptors (Lipinski definition) is 10. The number of ether oxygens (including phenoxy) is 6. The van der Waals surface area contributed by atoms with E-state index in [1.54, 1.807) is 125 Å². The van der Waals surface area contributed by atoms with Gasteiger partial charge in [-0.15, -0.1) is 0 Å². The number of halogens is 1. The Hall–Kier alpha value is -3.97. The Bertz CT molecular complexity index is 1540. The standard InChI is InChI=1S/C39H54FNO10/c1-23(2)48-35(34(30(40)19-24(3)25(4)42)47-22-26-15-17-29(46-11)18-16-26)31(43)14-12-13-27-20-28(41(10)37(45)51-38(5,6)7)21-32-33(27)36(44)50-39(8,9)49-32/h12-13,15-21,23-25,31,34-35,42-43H,14,22H2,1-11H3/b13-12+,30-19+/t24-,25?,31+,34-,35+/m1/s1. The van der Waals surface area contributed by atoms with Crippen molar-refractivity contribution >= 4 is 23.8 Å². The fourth-order valence-electron chi connectivity index (χ4n) is 5.11. The minimum absolute atomic E-state index is 0.00203. The summed E-state index contributed by atoms with van der Waals surface area (Å²) in [6.45, 7) is 15.2. The van der Waals surface area contributed by atoms with Crippen LogP contribution in [0.2, 0.25) is 0 Å². The molecule has 0 aromatic heterocycles. The summed E-state index contributed by atoms with van der Waals surface area (Å²) >= 11 is 0. The van der Waals surface area contributed by atoms with Crippen LogP contribution in [-0.4, -0.2) is 78.3 Å². The van der Waals surface area contributed by atoms with E-state index in [1.807, 2.05) is 0 Å². The maximum atomic E-state index is 16.0. The van der Waals surface area contributed by atoms with Gasteiger partial charge < -0.3 is 38.6 Å². The number of fused-ring (bicyclic) bond motifs is 1. The Balaban J connectivity index is 1.98. The normalized spacial score (nSPS) is 17.5. The van der Waals surface area contributed by atoms with Crippen molar-refractivity contribution < 1.29 is 52.6 Å². The maximum absolute atomic E-state index is 16.0. The summed E-state index contributed by atoms with van der Waals surface area (Å²) < 4.78 is 50.4. The van der Waals surface area contributed by atoms with Gasteiger partial charge in [0.05, 0.1) is 37.7 Å². The maximum Gasteiger partial charge on any atom is 0.414 e. The van der Waals surface area contributed by atoms with Crippen molar-refractivity contribution in [3.8, 4) is 11.5 Å². The van der Waals surface area contributed by atoms with Crippen LogP contribution in [0.15, 0.2) is 54.4 Å². The summed E-state index contributed by atoms with van der Waals surface area (Å²) in [5.41, 5.74) is 0.887. The predicted molar refractivity (Wildman–Crippen MR) is 192 cm³/mol. The van der Waals surface area contributed by atoms with Gasteiger partial charge in [-0.25, -0.2) is 14.0 Å². The zero-order chi connectivity index (χ0) is 38.3. The first-order valence-electron chi connectivity index (χ1n) is 17.1. The number of rotatable bonds is 15. The minimum atomic E-state index is -1.33. The highest BCUT2D eigenvalue weighted by Gasteiger charge is 2.37. The number of methoxy groups -OCH3 is 1. The van der Waals surface area contributed by atoms with E-state index in [-0.39, 0.29) is 24.3 Å². The summed E-state index contributed by atoms with van der Waals surface area (Å²) in [6.07, 6.45) is -1.19. The van der Waals surface area contributed by atoms with Crippen molar-refractivity contribution in [1.82, 2.24) is 0 Å². The molecule has 2 N–H and O–H groups in total. The Morgan fingerprint density at radius 1 is 1.06 bits per heavy atom. The number of benzene rings is 2. The van der Waals surface area contributed by atoms with Gasteiger partial charge in [-0.1, -0.05) is 31.2 Å². The van der Waals surface area contributed by atoms with E-state index in [1.165, 1.54) is 11.0 Å². The molecule has 0 spiro atoms. The summed E-state index contributed by atoms with van der Waals surface area (Å²) in [4.78, 5) is 27.4. The molecule has 2 aromatic rings. The van der Waals surface area contributed by atoms with E-state index in [4.69, 9.17) is 28.4 Å². The largest absolute Gasteiger partial charge is 0.497 e. The summed E-state index contributed by atoms with van der Waals surface area (Å²) in [5.74, 6) is -2.26. The second kappa shape index (κ2) is 17.5. The molecule has 2 aromatic carbocycles. The van der Waals surface area contributed by atoms with E-state index in [0.717, 1.165) is 5.56 Å². The summed E-state index contributed by atoms with van der Waals surface area (Å²) in [6, 6.07) is 10.3. The molecule has 0 bridgehead atoms. The zero-order valence-corrected chi connectivity index (χ0v) is 31.6. The second-order valence-corrected chi connectivity index (χ2v) is 14.4. The molecule has 0 fully saturated rings. The molecule has 1 aliphatic heterocycles. The third-order valence-corrected chi connectivity index (χ3v) is 7.90. The molecule has 0 saturated carbocycles. The van der Waals surface area contributed by atoms with E-state index in [0.29, 0.717) is 17.0 Å². The number of nitrogens with zero attached hydrogens (tertiary/aromatic N) is 1. The molecule has 5 atom stereocenters. The van der Waals surface area contributed by atoms with Gasteiger partial charge in [-0.2, -0.15) is 0 Å². The van der Waals surface area contributed by atoms with Crippen LogP contribution >= 0.6 is 0 Å². The van der Waals surface area contributed by atoms with Crippen molar-refractivity contribution in [2.24, 2.45) is 5.92 Å². The highest BCUT2D eigenvalue weighted by molar-refractivity contribution is 5.99. The average molecular weight is 716 g/mol. The van der Waals surface area contributed by atoms with Crippen molar-refractivity contribution in [2.75, 3.05) is 19.1 Å². The SMILES string of the molecule is COc1ccc(CO[C@H](/C(F)=C\[C@@H](C)C(C)O)[C@@H](OC(C)C)[C@@H](O)C/C=C/c2cc(N(C)C(=O)OC(C)(C)C)cc3c2C(=O)OC(C)(C)O3)cc1. The molecule has 1 amide bonds. The Morgan fingerprint density at radius 2 is 1.71 bits per heavy atom. The van der Waals surface area contributed by atoms with Crippen LogP contribution in [0, 0.1) is 5.92 Å². The number of carbonyl (C=O) groups excluding carboxylic acids is 2. The highest BCUT2D eigenvalue weighted by atomic mass is 19.1. The molecule has 51 heavy (non-hydrogen) atoms. The first-order valence-corrected chi connectivity index (χ1v) is 17.1. The van der Waals surface area contributed by atoms with Crippen LogP contribution in [0.1, 0.15) is 90.2 Å². The van der Waals surface area contributed by atoms with Gasteiger partial charge >= 0.3 is 12.1 Å². The first kappa shape index (κ1) is 41.5. The number of amides is 1. The van der Waals surface area contributed by atoms with E-state index in [9.17, 15) is 19.8 Å². The highest BCUT2D eigenvalue weighted by Crippen LogP contribution is 2.38. The van der Waals surface area contributed by atoms with E-state index in [2.05, 4.69) is 0 Å². The van der Waals surface area contributed by atoms with Crippen molar-refractivity contribution in [3.05, 3.63) is 71.1 Å². The lowest BCUT2D eigenvalue weighted by molar-refractivity contribution is -0.135. The summed E-state index contributed by atoms with van der Waals surface area (Å²) in [7, 11) is 3.10. The smallest absolute Gasteiger partial charge is 0.414 e. The number of aliphatic hydroxyl groups is 2. The lowest BCUT2D eigenvalue weighted by Gasteiger charge is -2.33. The van der Waals surface area contributed by atoms with Gasteiger partial charge in [-0.05, 0) is 83.4 Å². The molecular formula is C39H54FNO10. The molecule has 1 aliphatic rings. The Labute approximate surface area is 300 Å². The monoisotopic (exact) mass is 715 g/mol. The predicted octanol–water partition coefficient (Wildman–Crippen LogP) is 7.37. The fourth-order valence-corrected chi connectivity index (χ4v) is 5.11. The topological polar surface area (TPSA) is 133 Å². The van der Waals surface area contributed by atoms with Gasteiger partial charge in [0.2, 0.25) is 5.79 Å². The molecule has 0 aliphatic carbocycles. The average Bonchev–Trinajstić information content (AvgIpc) is 3.02. The van der Waals surface area contributed by atoms with Gasteiger partial charge in [0.25, 0.3) is 0 Å². The van der Waals surface area contributed by atoms with Gasteiger partial charge in [0.15, 0.2) is 0 Å². The number of esters is 1. The van der Waals surface area contributed by atoms with Crippen LogP contribution in [-0.2, 0) is 25.6 Å². The third-order valence-electron chi connectivity index (χ3n) is 7.90. The quantitative estimate of drug-likeness (QED) is 0.180. The third kappa shape index (κ3) is 12.1. The Morgan fingerprint density at radius 3 is 2.27 bits per heavy atom. The van der Waals surface area contributed by atoms with Crippen LogP contribution in [0.25, 0.3) is 6.08 Å².